The Morgan fingerprint density at radius 1 is 1.55 bits per heavy atom. The average Bonchev–Trinajstić information content (AvgIpc) is 2.98. The smallest absolute Gasteiger partial charge is 0.0677 e. The fourth-order valence-corrected chi connectivity index (χ4v) is 4.33. The molecule has 0 N–H and O–H groups in total. The number of ether oxygens (including phenoxy) is 2. The first-order chi connectivity index (χ1) is 9.82. The van der Waals surface area contributed by atoms with Crippen molar-refractivity contribution < 1.29 is 9.47 Å². The van der Waals surface area contributed by atoms with E-state index in [2.05, 4.69) is 28.7 Å². The number of piperidine rings is 1. The summed E-state index contributed by atoms with van der Waals surface area (Å²) in [5.74, 6) is 0. The van der Waals surface area contributed by atoms with Crippen molar-refractivity contribution in [1.29, 1.82) is 0 Å². The summed E-state index contributed by atoms with van der Waals surface area (Å²) in [6.45, 7) is 8.02. The quantitative estimate of drug-likeness (QED) is 0.833. The first-order valence-corrected chi connectivity index (χ1v) is 8.69. The lowest BCUT2D eigenvalue weighted by Crippen LogP contribution is -2.56. The highest BCUT2D eigenvalue weighted by Gasteiger charge is 2.45. The van der Waals surface area contributed by atoms with E-state index in [-0.39, 0.29) is 5.41 Å². The van der Waals surface area contributed by atoms with Gasteiger partial charge < -0.3 is 9.47 Å². The minimum absolute atomic E-state index is 0.225. The van der Waals surface area contributed by atoms with Crippen LogP contribution in [0.25, 0.3) is 0 Å². The lowest BCUT2D eigenvalue weighted by atomic mass is 9.73. The Balaban J connectivity index is 1.68. The summed E-state index contributed by atoms with van der Waals surface area (Å²) in [4.78, 5) is 2.59. The molecule has 112 valence electrons. The third-order valence-electron chi connectivity index (χ3n) is 4.65. The van der Waals surface area contributed by atoms with Crippen LogP contribution in [0.15, 0.2) is 16.8 Å². The highest BCUT2D eigenvalue weighted by molar-refractivity contribution is 7.07. The number of hydrogen-bond acceptors (Lipinski definition) is 4. The van der Waals surface area contributed by atoms with Crippen LogP contribution in [0.3, 0.4) is 0 Å². The largest absolute Gasteiger partial charge is 0.381 e. The number of nitrogens with zero attached hydrogens (tertiary/aromatic N) is 1. The maximum atomic E-state index is 6.06. The zero-order chi connectivity index (χ0) is 13.8. The van der Waals surface area contributed by atoms with Gasteiger partial charge in [-0.1, -0.05) is 0 Å². The molecule has 2 atom stereocenters. The van der Waals surface area contributed by atoms with E-state index in [0.717, 1.165) is 45.9 Å². The van der Waals surface area contributed by atoms with Crippen molar-refractivity contribution in [2.45, 2.75) is 38.8 Å². The molecule has 3 heterocycles. The molecule has 20 heavy (non-hydrogen) atoms. The fourth-order valence-electron chi connectivity index (χ4n) is 3.67. The molecular weight excluding hydrogens is 270 g/mol. The summed E-state index contributed by atoms with van der Waals surface area (Å²) in [7, 11) is 0. The second-order valence-corrected chi connectivity index (χ2v) is 6.87. The molecule has 0 spiro atoms. The van der Waals surface area contributed by atoms with Crippen molar-refractivity contribution in [1.82, 2.24) is 4.90 Å². The van der Waals surface area contributed by atoms with Crippen molar-refractivity contribution in [2.75, 3.05) is 32.9 Å². The monoisotopic (exact) mass is 295 g/mol. The molecule has 0 amide bonds. The van der Waals surface area contributed by atoms with E-state index in [1.807, 2.05) is 0 Å². The minimum atomic E-state index is 0.225. The van der Waals surface area contributed by atoms with Gasteiger partial charge in [-0.15, -0.1) is 0 Å². The molecule has 0 radical (unpaired) electrons. The molecule has 0 aromatic carbocycles. The summed E-state index contributed by atoms with van der Waals surface area (Å²) < 4.78 is 11.9. The predicted octanol–water partition coefficient (Wildman–Crippen LogP) is 3.16. The van der Waals surface area contributed by atoms with Crippen LogP contribution in [-0.2, 0) is 16.0 Å². The SMILES string of the molecule is CCOCC12CCCOC1CCN(Cc1ccsc1)C2. The highest BCUT2D eigenvalue weighted by Crippen LogP contribution is 2.40. The molecule has 1 aromatic rings. The Morgan fingerprint density at radius 3 is 3.30 bits per heavy atom. The molecule has 3 rings (SSSR count). The normalized spacial score (nSPS) is 31.1. The standard InChI is InChI=1S/C16H25NO2S/c1-2-18-13-16-6-3-8-19-15(16)4-7-17(12-16)10-14-5-9-20-11-14/h5,9,11,15H,2-4,6-8,10,12-13H2,1H3. The van der Waals surface area contributed by atoms with Crippen molar-refractivity contribution in [2.24, 2.45) is 5.41 Å². The molecule has 0 saturated carbocycles. The summed E-state index contributed by atoms with van der Waals surface area (Å²) in [5.41, 5.74) is 1.67. The molecular formula is C16H25NO2S. The molecule has 2 aliphatic rings. The van der Waals surface area contributed by atoms with Gasteiger partial charge in [0.1, 0.15) is 0 Å². The van der Waals surface area contributed by atoms with Crippen molar-refractivity contribution in [3.05, 3.63) is 22.4 Å². The van der Waals surface area contributed by atoms with Gasteiger partial charge in [0.25, 0.3) is 0 Å². The number of fused-ring (bicyclic) bond motifs is 1. The second-order valence-electron chi connectivity index (χ2n) is 6.09. The third kappa shape index (κ3) is 3.08. The van der Waals surface area contributed by atoms with Crippen LogP contribution < -0.4 is 0 Å². The van der Waals surface area contributed by atoms with Gasteiger partial charge in [-0.05, 0) is 48.6 Å². The number of hydrogen-bond donors (Lipinski definition) is 0. The molecule has 1 aromatic heterocycles. The minimum Gasteiger partial charge on any atom is -0.381 e. The molecule has 0 bridgehead atoms. The number of likely N-dealkylation sites (tertiary alicyclic amines) is 1. The summed E-state index contributed by atoms with van der Waals surface area (Å²) in [6, 6.07) is 2.24. The van der Waals surface area contributed by atoms with Crippen LogP contribution in [0.5, 0.6) is 0 Å². The molecule has 2 saturated heterocycles. The van der Waals surface area contributed by atoms with Gasteiger partial charge in [0.05, 0.1) is 12.7 Å². The van der Waals surface area contributed by atoms with Crippen LogP contribution >= 0.6 is 11.3 Å². The predicted molar refractivity (Wildman–Crippen MR) is 82.1 cm³/mol. The van der Waals surface area contributed by atoms with E-state index >= 15 is 0 Å². The van der Waals surface area contributed by atoms with Gasteiger partial charge >= 0.3 is 0 Å². The topological polar surface area (TPSA) is 21.7 Å². The van der Waals surface area contributed by atoms with Crippen LogP contribution in [0.4, 0.5) is 0 Å². The van der Waals surface area contributed by atoms with Crippen molar-refractivity contribution in [3.63, 3.8) is 0 Å². The maximum Gasteiger partial charge on any atom is 0.0677 e. The van der Waals surface area contributed by atoms with Gasteiger partial charge in [0.2, 0.25) is 0 Å². The molecule has 3 nitrogen and oxygen atoms in total. The third-order valence-corrected chi connectivity index (χ3v) is 5.38. The van der Waals surface area contributed by atoms with E-state index in [4.69, 9.17) is 9.47 Å². The average molecular weight is 295 g/mol. The van der Waals surface area contributed by atoms with Crippen LogP contribution in [0.1, 0.15) is 31.7 Å². The van der Waals surface area contributed by atoms with E-state index in [9.17, 15) is 0 Å². The Hall–Kier alpha value is -0.420. The number of rotatable bonds is 5. The van der Waals surface area contributed by atoms with E-state index in [1.165, 1.54) is 18.4 Å². The van der Waals surface area contributed by atoms with Gasteiger partial charge in [0.15, 0.2) is 0 Å². The maximum absolute atomic E-state index is 6.06. The van der Waals surface area contributed by atoms with E-state index in [0.29, 0.717) is 6.10 Å². The Kier molecular flexibility index (Phi) is 4.76. The Bertz CT molecular complexity index is 409. The fraction of sp³-hybridized carbons (Fsp3) is 0.750. The first kappa shape index (κ1) is 14.5. The van der Waals surface area contributed by atoms with Gasteiger partial charge in [-0.3, -0.25) is 4.90 Å². The summed E-state index contributed by atoms with van der Waals surface area (Å²) in [5, 5.41) is 4.43. The summed E-state index contributed by atoms with van der Waals surface area (Å²) >= 11 is 1.79. The molecule has 2 unspecified atom stereocenters. The van der Waals surface area contributed by atoms with Crippen molar-refractivity contribution >= 4 is 11.3 Å². The second kappa shape index (κ2) is 6.56. The van der Waals surface area contributed by atoms with Crippen molar-refractivity contribution in [3.8, 4) is 0 Å². The van der Waals surface area contributed by atoms with Gasteiger partial charge in [0, 0.05) is 38.3 Å². The molecule has 2 aliphatic heterocycles. The van der Waals surface area contributed by atoms with E-state index < -0.39 is 0 Å². The number of thiophene rings is 1. The lowest BCUT2D eigenvalue weighted by Gasteiger charge is -2.50. The summed E-state index contributed by atoms with van der Waals surface area (Å²) in [6.07, 6.45) is 3.98. The lowest BCUT2D eigenvalue weighted by molar-refractivity contribution is -0.153. The van der Waals surface area contributed by atoms with Crippen LogP contribution in [-0.4, -0.2) is 43.9 Å². The molecule has 4 heteroatoms. The van der Waals surface area contributed by atoms with Crippen LogP contribution in [0.2, 0.25) is 0 Å². The van der Waals surface area contributed by atoms with Gasteiger partial charge in [-0.25, -0.2) is 0 Å². The highest BCUT2D eigenvalue weighted by atomic mass is 32.1. The Labute approximate surface area is 125 Å². The van der Waals surface area contributed by atoms with Crippen LogP contribution in [0, 0.1) is 5.41 Å². The molecule has 0 aliphatic carbocycles. The first-order valence-electron chi connectivity index (χ1n) is 7.75. The van der Waals surface area contributed by atoms with Gasteiger partial charge in [-0.2, -0.15) is 11.3 Å². The molecule has 2 fully saturated rings. The zero-order valence-electron chi connectivity index (χ0n) is 12.3. The Morgan fingerprint density at radius 2 is 2.50 bits per heavy atom. The zero-order valence-corrected chi connectivity index (χ0v) is 13.2. The van der Waals surface area contributed by atoms with E-state index in [1.54, 1.807) is 11.3 Å².